The number of nitriles is 1. The summed E-state index contributed by atoms with van der Waals surface area (Å²) in [7, 11) is 0. The lowest BCUT2D eigenvalue weighted by Gasteiger charge is -2.05. The third-order valence-corrected chi connectivity index (χ3v) is 2.44. The molecule has 0 unspecified atom stereocenters. The van der Waals surface area contributed by atoms with Crippen molar-refractivity contribution in [2.45, 2.75) is 13.5 Å². The molecule has 0 saturated carbocycles. The number of nitrogens with zero attached hydrogens (tertiary/aromatic N) is 2. The molecule has 1 N–H and O–H groups in total. The topological polar surface area (TPSA) is 48.7 Å². The number of aromatic nitrogens is 1. The first-order chi connectivity index (χ1) is 8.28. The van der Waals surface area contributed by atoms with Crippen molar-refractivity contribution in [2.75, 3.05) is 5.32 Å². The van der Waals surface area contributed by atoms with Crippen molar-refractivity contribution < 1.29 is 0 Å². The second-order valence-corrected chi connectivity index (χ2v) is 3.89. The van der Waals surface area contributed by atoms with Crippen molar-refractivity contribution in [3.05, 3.63) is 59.3 Å². The Kier molecular flexibility index (Phi) is 3.37. The first-order valence-corrected chi connectivity index (χ1v) is 5.43. The number of aryl methyl sites for hydroxylation is 1. The van der Waals surface area contributed by atoms with Crippen LogP contribution in [0.2, 0.25) is 0 Å². The molecular weight excluding hydrogens is 210 g/mol. The van der Waals surface area contributed by atoms with Crippen molar-refractivity contribution in [2.24, 2.45) is 0 Å². The van der Waals surface area contributed by atoms with E-state index < -0.39 is 0 Å². The van der Waals surface area contributed by atoms with Crippen molar-refractivity contribution in [1.29, 1.82) is 5.26 Å². The summed E-state index contributed by atoms with van der Waals surface area (Å²) in [6, 6.07) is 13.6. The fourth-order valence-electron chi connectivity index (χ4n) is 1.52. The van der Waals surface area contributed by atoms with Crippen LogP contribution in [0.15, 0.2) is 42.6 Å². The molecule has 17 heavy (non-hydrogen) atoms. The average molecular weight is 223 g/mol. The van der Waals surface area contributed by atoms with Crippen molar-refractivity contribution in [1.82, 2.24) is 4.98 Å². The number of rotatable bonds is 3. The van der Waals surface area contributed by atoms with Gasteiger partial charge in [-0.05, 0) is 36.2 Å². The van der Waals surface area contributed by atoms with Gasteiger partial charge >= 0.3 is 0 Å². The van der Waals surface area contributed by atoms with E-state index in [0.717, 1.165) is 16.9 Å². The van der Waals surface area contributed by atoms with E-state index in [1.54, 1.807) is 6.07 Å². The first kappa shape index (κ1) is 11.2. The molecule has 84 valence electrons. The molecule has 1 heterocycles. The zero-order valence-corrected chi connectivity index (χ0v) is 9.64. The maximum atomic E-state index is 8.80. The predicted molar refractivity (Wildman–Crippen MR) is 67.5 cm³/mol. The standard InChI is InChI=1S/C14H13N3/c1-11-5-6-14(16-9-11)17-10-13-4-2-3-12(7-13)8-15/h2-7,9H,10H2,1H3,(H,16,17). The van der Waals surface area contributed by atoms with Gasteiger partial charge in [0.15, 0.2) is 0 Å². The zero-order valence-electron chi connectivity index (χ0n) is 9.64. The van der Waals surface area contributed by atoms with E-state index in [9.17, 15) is 0 Å². The summed E-state index contributed by atoms with van der Waals surface area (Å²) in [5.74, 6) is 0.845. The Bertz CT molecular complexity index is 538. The molecule has 3 heteroatoms. The van der Waals surface area contributed by atoms with Crippen LogP contribution in [0.4, 0.5) is 5.82 Å². The number of nitrogens with one attached hydrogen (secondary N) is 1. The van der Waals surface area contributed by atoms with Crippen LogP contribution in [-0.2, 0) is 6.54 Å². The molecule has 2 aromatic rings. The molecule has 0 spiro atoms. The van der Waals surface area contributed by atoms with E-state index in [1.165, 1.54) is 0 Å². The SMILES string of the molecule is Cc1ccc(NCc2cccc(C#N)c2)nc1. The third kappa shape index (κ3) is 3.05. The van der Waals surface area contributed by atoms with Gasteiger partial charge in [-0.2, -0.15) is 5.26 Å². The molecule has 0 radical (unpaired) electrons. The highest BCUT2D eigenvalue weighted by Crippen LogP contribution is 2.08. The summed E-state index contributed by atoms with van der Waals surface area (Å²) in [6.07, 6.45) is 1.83. The summed E-state index contributed by atoms with van der Waals surface area (Å²) in [5, 5.41) is 12.0. The minimum atomic E-state index is 0.672. The van der Waals surface area contributed by atoms with Crippen molar-refractivity contribution in [3.8, 4) is 6.07 Å². The number of benzene rings is 1. The Morgan fingerprint density at radius 2 is 2.18 bits per heavy atom. The Morgan fingerprint density at radius 1 is 1.29 bits per heavy atom. The molecule has 2 rings (SSSR count). The number of pyridine rings is 1. The molecule has 0 fully saturated rings. The van der Waals surface area contributed by atoms with Gasteiger partial charge in [-0.15, -0.1) is 0 Å². The van der Waals surface area contributed by atoms with Crippen LogP contribution in [0.25, 0.3) is 0 Å². The largest absolute Gasteiger partial charge is 0.366 e. The van der Waals surface area contributed by atoms with Crippen LogP contribution in [0, 0.1) is 18.3 Å². The van der Waals surface area contributed by atoms with Crippen LogP contribution in [0.5, 0.6) is 0 Å². The number of anilines is 1. The van der Waals surface area contributed by atoms with Crippen molar-refractivity contribution in [3.63, 3.8) is 0 Å². The molecule has 1 aromatic heterocycles. The second-order valence-electron chi connectivity index (χ2n) is 3.89. The molecule has 0 atom stereocenters. The minimum absolute atomic E-state index is 0.672. The van der Waals surface area contributed by atoms with Crippen molar-refractivity contribution >= 4 is 5.82 Å². The lowest BCUT2D eigenvalue weighted by molar-refractivity contribution is 1.10. The van der Waals surface area contributed by atoms with Crippen LogP contribution in [0.1, 0.15) is 16.7 Å². The highest BCUT2D eigenvalue weighted by molar-refractivity contribution is 5.38. The first-order valence-electron chi connectivity index (χ1n) is 5.43. The average Bonchev–Trinajstić information content (AvgIpc) is 2.38. The molecule has 1 aromatic carbocycles. The summed E-state index contributed by atoms with van der Waals surface area (Å²) < 4.78 is 0. The fraction of sp³-hybridized carbons (Fsp3) is 0.143. The number of hydrogen-bond donors (Lipinski definition) is 1. The molecule has 0 saturated heterocycles. The molecular formula is C14H13N3. The van der Waals surface area contributed by atoms with E-state index in [0.29, 0.717) is 12.1 Å². The highest BCUT2D eigenvalue weighted by atomic mass is 15.0. The molecule has 0 aliphatic carbocycles. The lowest BCUT2D eigenvalue weighted by Crippen LogP contribution is -2.01. The Morgan fingerprint density at radius 3 is 2.88 bits per heavy atom. The summed E-state index contributed by atoms with van der Waals surface area (Å²) in [5.41, 5.74) is 2.90. The van der Waals surface area contributed by atoms with Gasteiger partial charge in [0, 0.05) is 12.7 Å². The van der Waals surface area contributed by atoms with Crippen LogP contribution in [-0.4, -0.2) is 4.98 Å². The maximum absolute atomic E-state index is 8.80. The van der Waals surface area contributed by atoms with Gasteiger partial charge in [0.2, 0.25) is 0 Å². The van der Waals surface area contributed by atoms with Gasteiger partial charge in [0.05, 0.1) is 11.6 Å². The van der Waals surface area contributed by atoms with E-state index in [-0.39, 0.29) is 0 Å². The molecule has 3 nitrogen and oxygen atoms in total. The van der Waals surface area contributed by atoms with Gasteiger partial charge in [0.25, 0.3) is 0 Å². The van der Waals surface area contributed by atoms with Gasteiger partial charge in [-0.25, -0.2) is 4.98 Å². The smallest absolute Gasteiger partial charge is 0.126 e. The quantitative estimate of drug-likeness (QED) is 0.870. The molecule has 0 bridgehead atoms. The van der Waals surface area contributed by atoms with Crippen LogP contribution in [0.3, 0.4) is 0 Å². The third-order valence-electron chi connectivity index (χ3n) is 2.44. The van der Waals surface area contributed by atoms with E-state index in [1.807, 2.05) is 43.5 Å². The van der Waals surface area contributed by atoms with Gasteiger partial charge in [0.1, 0.15) is 5.82 Å². The normalized spacial score (nSPS) is 9.65. The van der Waals surface area contributed by atoms with Crippen LogP contribution >= 0.6 is 0 Å². The summed E-state index contributed by atoms with van der Waals surface area (Å²) in [4.78, 5) is 4.26. The Hall–Kier alpha value is -2.34. The highest BCUT2D eigenvalue weighted by Gasteiger charge is 1.96. The van der Waals surface area contributed by atoms with Gasteiger partial charge in [-0.3, -0.25) is 0 Å². The summed E-state index contributed by atoms with van der Waals surface area (Å²) in [6.45, 7) is 2.68. The summed E-state index contributed by atoms with van der Waals surface area (Å²) >= 11 is 0. The van der Waals surface area contributed by atoms with E-state index in [2.05, 4.69) is 16.4 Å². The minimum Gasteiger partial charge on any atom is -0.366 e. The molecule has 0 amide bonds. The fourth-order valence-corrected chi connectivity index (χ4v) is 1.52. The van der Waals surface area contributed by atoms with E-state index in [4.69, 9.17) is 5.26 Å². The second kappa shape index (κ2) is 5.13. The van der Waals surface area contributed by atoms with Gasteiger partial charge in [-0.1, -0.05) is 18.2 Å². The Labute approximate surface area is 101 Å². The zero-order chi connectivity index (χ0) is 12.1. The monoisotopic (exact) mass is 223 g/mol. The molecule has 0 aliphatic heterocycles. The number of hydrogen-bond acceptors (Lipinski definition) is 3. The van der Waals surface area contributed by atoms with Gasteiger partial charge < -0.3 is 5.32 Å². The maximum Gasteiger partial charge on any atom is 0.126 e. The van der Waals surface area contributed by atoms with Crippen LogP contribution < -0.4 is 5.32 Å². The molecule has 0 aliphatic rings. The lowest BCUT2D eigenvalue weighted by atomic mass is 10.1. The van der Waals surface area contributed by atoms with E-state index >= 15 is 0 Å². The predicted octanol–water partition coefficient (Wildman–Crippen LogP) is 2.87. The Balaban J connectivity index is 2.02.